The minimum atomic E-state index is 0.596. The molecule has 1 rings (SSSR count). The molecule has 0 aromatic heterocycles. The summed E-state index contributed by atoms with van der Waals surface area (Å²) in [7, 11) is 0. The van der Waals surface area contributed by atoms with Crippen LogP contribution in [-0.4, -0.2) is 6.61 Å². The van der Waals surface area contributed by atoms with E-state index < -0.39 is 0 Å². The van der Waals surface area contributed by atoms with Crippen LogP contribution in [0, 0.1) is 23.7 Å². The van der Waals surface area contributed by atoms with Crippen molar-refractivity contribution in [3.05, 3.63) is 29.8 Å². The van der Waals surface area contributed by atoms with Crippen molar-refractivity contribution in [1.82, 2.24) is 0 Å². The zero-order chi connectivity index (χ0) is 10.2. The molecule has 0 fully saturated rings. The van der Waals surface area contributed by atoms with Gasteiger partial charge in [0, 0.05) is 6.42 Å². The van der Waals surface area contributed by atoms with E-state index in [2.05, 4.69) is 12.0 Å². The number of unbranched alkanes of at least 4 members (excludes halogenated alkanes) is 1. The quantitative estimate of drug-likeness (QED) is 0.533. The first-order valence-electron chi connectivity index (χ1n) is 4.43. The molecule has 2 heteroatoms. The summed E-state index contributed by atoms with van der Waals surface area (Å²) in [4.78, 5) is 0. The standard InChI is InChI=1S/C12H11NO/c1-2-3-4-8-14-12-7-5-6-11(9-12)10-13/h1,5-7,9H,3-4,8H2. The van der Waals surface area contributed by atoms with Crippen LogP contribution in [0.2, 0.25) is 0 Å². The summed E-state index contributed by atoms with van der Waals surface area (Å²) in [6.07, 6.45) is 6.67. The van der Waals surface area contributed by atoms with Gasteiger partial charge in [-0.2, -0.15) is 5.26 Å². The molecule has 0 amide bonds. The highest BCUT2D eigenvalue weighted by atomic mass is 16.5. The fraction of sp³-hybridized carbons (Fsp3) is 0.250. The molecule has 0 aliphatic heterocycles. The summed E-state index contributed by atoms with van der Waals surface area (Å²) >= 11 is 0. The fourth-order valence-corrected chi connectivity index (χ4v) is 1.02. The van der Waals surface area contributed by atoms with Crippen LogP contribution in [0.1, 0.15) is 18.4 Å². The third kappa shape index (κ3) is 3.21. The zero-order valence-corrected chi connectivity index (χ0v) is 7.86. The number of benzene rings is 1. The highest BCUT2D eigenvalue weighted by Gasteiger charge is 1.94. The second kappa shape index (κ2) is 5.67. The Kier molecular flexibility index (Phi) is 4.11. The van der Waals surface area contributed by atoms with Crippen molar-refractivity contribution in [2.45, 2.75) is 12.8 Å². The lowest BCUT2D eigenvalue weighted by molar-refractivity contribution is 0.313. The zero-order valence-electron chi connectivity index (χ0n) is 7.86. The molecule has 1 aromatic carbocycles. The van der Waals surface area contributed by atoms with Gasteiger partial charge in [-0.05, 0) is 24.6 Å². The SMILES string of the molecule is C#CCCCOc1cccc(C#N)c1. The van der Waals surface area contributed by atoms with E-state index in [-0.39, 0.29) is 0 Å². The summed E-state index contributed by atoms with van der Waals surface area (Å²) in [5.74, 6) is 3.27. The first-order chi connectivity index (χ1) is 6.86. The highest BCUT2D eigenvalue weighted by Crippen LogP contribution is 2.12. The second-order valence-corrected chi connectivity index (χ2v) is 2.80. The number of nitrogens with zero attached hydrogens (tertiary/aromatic N) is 1. The van der Waals surface area contributed by atoms with Crippen LogP contribution >= 0.6 is 0 Å². The monoisotopic (exact) mass is 185 g/mol. The molecule has 0 spiro atoms. The van der Waals surface area contributed by atoms with E-state index in [1.54, 1.807) is 18.2 Å². The molecule has 0 saturated carbocycles. The van der Waals surface area contributed by atoms with Gasteiger partial charge in [0.25, 0.3) is 0 Å². The van der Waals surface area contributed by atoms with Crippen LogP contribution in [-0.2, 0) is 0 Å². The normalized spacial score (nSPS) is 8.71. The first kappa shape index (κ1) is 10.2. The molecule has 0 radical (unpaired) electrons. The van der Waals surface area contributed by atoms with Crippen LogP contribution < -0.4 is 4.74 Å². The van der Waals surface area contributed by atoms with Gasteiger partial charge in [-0.3, -0.25) is 0 Å². The maximum atomic E-state index is 8.64. The van der Waals surface area contributed by atoms with Crippen LogP contribution in [0.15, 0.2) is 24.3 Å². The average molecular weight is 185 g/mol. The van der Waals surface area contributed by atoms with Gasteiger partial charge in [-0.25, -0.2) is 0 Å². The molecule has 1 aromatic rings. The molecule has 0 atom stereocenters. The maximum Gasteiger partial charge on any atom is 0.120 e. The molecule has 14 heavy (non-hydrogen) atoms. The van der Waals surface area contributed by atoms with Gasteiger partial charge in [-0.1, -0.05) is 6.07 Å². The Morgan fingerprint density at radius 3 is 3.00 bits per heavy atom. The smallest absolute Gasteiger partial charge is 0.120 e. The molecular formula is C12H11NO. The summed E-state index contributed by atoms with van der Waals surface area (Å²) in [6, 6.07) is 9.15. The number of ether oxygens (including phenoxy) is 1. The first-order valence-corrected chi connectivity index (χ1v) is 4.43. The van der Waals surface area contributed by atoms with Crippen LogP contribution in [0.4, 0.5) is 0 Å². The molecule has 0 N–H and O–H groups in total. The molecular weight excluding hydrogens is 174 g/mol. The third-order valence-corrected chi connectivity index (χ3v) is 1.70. The molecule has 0 aliphatic rings. The van der Waals surface area contributed by atoms with Crippen molar-refractivity contribution in [2.24, 2.45) is 0 Å². The van der Waals surface area contributed by atoms with E-state index in [0.29, 0.717) is 12.2 Å². The van der Waals surface area contributed by atoms with Gasteiger partial charge in [0.1, 0.15) is 5.75 Å². The number of nitriles is 1. The van der Waals surface area contributed by atoms with Gasteiger partial charge in [0.15, 0.2) is 0 Å². The van der Waals surface area contributed by atoms with Crippen molar-refractivity contribution in [1.29, 1.82) is 5.26 Å². The topological polar surface area (TPSA) is 33.0 Å². The van der Waals surface area contributed by atoms with Crippen molar-refractivity contribution < 1.29 is 4.74 Å². The number of hydrogen-bond donors (Lipinski definition) is 0. The summed E-state index contributed by atoms with van der Waals surface area (Å²) in [5, 5.41) is 8.64. The Morgan fingerprint density at radius 2 is 2.29 bits per heavy atom. The van der Waals surface area contributed by atoms with E-state index in [1.807, 2.05) is 6.07 Å². The van der Waals surface area contributed by atoms with E-state index >= 15 is 0 Å². The van der Waals surface area contributed by atoms with E-state index in [0.717, 1.165) is 18.6 Å². The fourth-order valence-electron chi connectivity index (χ4n) is 1.02. The summed E-state index contributed by atoms with van der Waals surface area (Å²) in [5.41, 5.74) is 0.611. The van der Waals surface area contributed by atoms with Gasteiger partial charge in [0.2, 0.25) is 0 Å². The molecule has 70 valence electrons. The van der Waals surface area contributed by atoms with Crippen molar-refractivity contribution in [3.63, 3.8) is 0 Å². The lowest BCUT2D eigenvalue weighted by Crippen LogP contribution is -1.96. The van der Waals surface area contributed by atoms with E-state index in [9.17, 15) is 0 Å². The number of rotatable bonds is 4. The largest absolute Gasteiger partial charge is 0.494 e. The van der Waals surface area contributed by atoms with Crippen LogP contribution in [0.5, 0.6) is 5.75 Å². The van der Waals surface area contributed by atoms with Gasteiger partial charge >= 0.3 is 0 Å². The Bertz CT molecular complexity index is 371. The number of hydrogen-bond acceptors (Lipinski definition) is 2. The van der Waals surface area contributed by atoms with Gasteiger partial charge in [0.05, 0.1) is 18.2 Å². The number of terminal acetylenes is 1. The Labute approximate surface area is 84.1 Å². The molecule has 0 bridgehead atoms. The lowest BCUT2D eigenvalue weighted by Gasteiger charge is -2.04. The molecule has 0 saturated heterocycles. The maximum absolute atomic E-state index is 8.64. The van der Waals surface area contributed by atoms with Crippen molar-refractivity contribution in [3.8, 4) is 24.2 Å². The Hall–Kier alpha value is -1.93. The summed E-state index contributed by atoms with van der Waals surface area (Å²) < 4.78 is 5.40. The highest BCUT2D eigenvalue weighted by molar-refractivity contribution is 5.36. The molecule has 0 heterocycles. The Morgan fingerprint density at radius 1 is 1.43 bits per heavy atom. The minimum absolute atomic E-state index is 0.596. The predicted octanol–water partition coefficient (Wildman–Crippen LogP) is 2.35. The lowest BCUT2D eigenvalue weighted by atomic mass is 10.2. The predicted molar refractivity (Wildman–Crippen MR) is 54.7 cm³/mol. The second-order valence-electron chi connectivity index (χ2n) is 2.80. The third-order valence-electron chi connectivity index (χ3n) is 1.70. The van der Waals surface area contributed by atoms with Gasteiger partial charge in [-0.15, -0.1) is 12.3 Å². The van der Waals surface area contributed by atoms with Gasteiger partial charge < -0.3 is 4.74 Å². The van der Waals surface area contributed by atoms with E-state index in [1.165, 1.54) is 0 Å². The van der Waals surface area contributed by atoms with Crippen molar-refractivity contribution in [2.75, 3.05) is 6.61 Å². The van der Waals surface area contributed by atoms with E-state index in [4.69, 9.17) is 16.4 Å². The molecule has 0 aliphatic carbocycles. The van der Waals surface area contributed by atoms with Crippen LogP contribution in [0.3, 0.4) is 0 Å². The average Bonchev–Trinajstić information content (AvgIpc) is 2.25. The summed E-state index contributed by atoms with van der Waals surface area (Å²) in [6.45, 7) is 0.596. The van der Waals surface area contributed by atoms with Crippen molar-refractivity contribution >= 4 is 0 Å². The van der Waals surface area contributed by atoms with Crippen LogP contribution in [0.25, 0.3) is 0 Å². The minimum Gasteiger partial charge on any atom is -0.494 e. The Balaban J connectivity index is 2.44. The molecule has 0 unspecified atom stereocenters. The molecule has 2 nitrogen and oxygen atoms in total.